The second-order valence-electron chi connectivity index (χ2n) is 14.2. The van der Waals surface area contributed by atoms with E-state index in [0.717, 1.165) is 64.1 Å². The molecule has 2 saturated carbocycles. The summed E-state index contributed by atoms with van der Waals surface area (Å²) >= 11 is 0. The minimum Gasteiger partial charge on any atom is -0.497 e. The first-order chi connectivity index (χ1) is 22.3. The minimum absolute atomic E-state index is 0.164. The highest BCUT2D eigenvalue weighted by molar-refractivity contribution is 7.91. The van der Waals surface area contributed by atoms with Crippen LogP contribution in [0.1, 0.15) is 78.3 Å². The molecule has 2 aromatic carbocycles. The van der Waals surface area contributed by atoms with E-state index in [1.165, 1.54) is 26.1 Å². The number of hydrogen-bond acceptors (Lipinski definition) is 7. The first kappa shape index (κ1) is 32.6. The summed E-state index contributed by atoms with van der Waals surface area (Å²) in [5.41, 5.74) is 5.17. The number of nitrogens with zero attached hydrogens (tertiary/aromatic N) is 4. The predicted octanol–water partition coefficient (Wildman–Crippen LogP) is 4.11. The Balaban J connectivity index is 1.45. The number of methoxy groups -OCH3 is 1. The number of likely N-dealkylation sites (N-methyl/N-ethyl adjacent to an activating group) is 1. The van der Waals surface area contributed by atoms with Crippen LogP contribution >= 0.6 is 0 Å². The molecular formula is C34H45N5O6S2. The Bertz CT molecular complexity index is 1970. The minimum atomic E-state index is -4.01. The largest absolute Gasteiger partial charge is 0.497 e. The topological polar surface area (TPSA) is 121 Å². The van der Waals surface area contributed by atoms with E-state index in [1.54, 1.807) is 23.5 Å². The molecular weight excluding hydrogens is 639 g/mol. The third kappa shape index (κ3) is 5.20. The van der Waals surface area contributed by atoms with Gasteiger partial charge in [-0.05, 0) is 87.2 Å². The molecule has 254 valence electrons. The molecule has 2 aliphatic heterocycles. The van der Waals surface area contributed by atoms with Crippen LogP contribution in [0.15, 0.2) is 36.4 Å². The zero-order valence-corrected chi connectivity index (χ0v) is 29.5. The normalized spacial score (nSPS) is 25.0. The second-order valence-corrected chi connectivity index (χ2v) is 18.3. The van der Waals surface area contributed by atoms with E-state index in [1.807, 2.05) is 32.3 Å². The van der Waals surface area contributed by atoms with Crippen molar-refractivity contribution in [3.63, 3.8) is 0 Å². The summed E-state index contributed by atoms with van der Waals surface area (Å²) in [6.07, 6.45) is 6.79. The third-order valence-electron chi connectivity index (χ3n) is 11.1. The van der Waals surface area contributed by atoms with Crippen LogP contribution in [0.5, 0.6) is 5.75 Å². The van der Waals surface area contributed by atoms with Gasteiger partial charge in [0, 0.05) is 67.7 Å². The van der Waals surface area contributed by atoms with Crippen molar-refractivity contribution < 1.29 is 26.4 Å². The van der Waals surface area contributed by atoms with Crippen LogP contribution in [0.2, 0.25) is 0 Å². The van der Waals surface area contributed by atoms with E-state index < -0.39 is 30.9 Å². The van der Waals surface area contributed by atoms with E-state index >= 15 is 0 Å². The Morgan fingerprint density at radius 3 is 2.38 bits per heavy atom. The Morgan fingerprint density at radius 2 is 1.72 bits per heavy atom. The molecule has 3 heterocycles. The van der Waals surface area contributed by atoms with E-state index in [9.17, 15) is 21.6 Å². The highest BCUT2D eigenvalue weighted by Crippen LogP contribution is 2.64. The van der Waals surface area contributed by atoms with Crippen LogP contribution < -0.4 is 9.46 Å². The summed E-state index contributed by atoms with van der Waals surface area (Å²) < 4.78 is 66.3. The number of sulfonamides is 1. The highest BCUT2D eigenvalue weighted by Gasteiger charge is 2.68. The van der Waals surface area contributed by atoms with Gasteiger partial charge in [-0.15, -0.1) is 0 Å². The SMILES string of the molecule is COc1ccc2c(c1)C1CC1(S(=O)(=O)N1CC[C@@H](N(C)C)C1)Cn1c-2c(C2CCCCC2)c2ccc(C(=O)NS(=O)(=O)N(C)C)cc21. The van der Waals surface area contributed by atoms with E-state index in [-0.39, 0.29) is 30.0 Å². The molecule has 3 atom stereocenters. The van der Waals surface area contributed by atoms with Gasteiger partial charge in [-0.2, -0.15) is 17.0 Å². The molecule has 3 fully saturated rings. The number of amides is 1. The molecule has 7 rings (SSSR count). The summed E-state index contributed by atoms with van der Waals surface area (Å²) in [5.74, 6) is 0.0442. The summed E-state index contributed by atoms with van der Waals surface area (Å²) in [5, 5.41) is 0.987. The molecule has 1 amide bonds. The molecule has 47 heavy (non-hydrogen) atoms. The average Bonchev–Trinajstić information content (AvgIpc) is 3.44. The second kappa shape index (κ2) is 11.6. The summed E-state index contributed by atoms with van der Waals surface area (Å²) in [6.45, 7) is 1.20. The summed E-state index contributed by atoms with van der Waals surface area (Å²) in [6, 6.07) is 11.6. The maximum atomic E-state index is 14.8. The van der Waals surface area contributed by atoms with Crippen molar-refractivity contribution in [3.05, 3.63) is 53.1 Å². The van der Waals surface area contributed by atoms with Crippen LogP contribution in [0, 0.1) is 0 Å². The Labute approximate surface area is 278 Å². The molecule has 13 heteroatoms. The Hall–Kier alpha value is -2.97. The van der Waals surface area contributed by atoms with Gasteiger partial charge in [0.25, 0.3) is 5.91 Å². The summed E-state index contributed by atoms with van der Waals surface area (Å²) in [4.78, 5) is 15.4. The van der Waals surface area contributed by atoms with Gasteiger partial charge >= 0.3 is 10.2 Å². The lowest BCUT2D eigenvalue weighted by molar-refractivity contribution is 0.0979. The zero-order chi connectivity index (χ0) is 33.5. The van der Waals surface area contributed by atoms with Gasteiger partial charge in [-0.3, -0.25) is 4.79 Å². The fourth-order valence-electron chi connectivity index (χ4n) is 8.31. The first-order valence-electron chi connectivity index (χ1n) is 16.5. The van der Waals surface area contributed by atoms with Crippen molar-refractivity contribution in [1.82, 2.24) is 22.8 Å². The lowest BCUT2D eigenvalue weighted by atomic mass is 9.81. The number of nitrogens with one attached hydrogen (secondary N) is 1. The zero-order valence-electron chi connectivity index (χ0n) is 27.8. The lowest BCUT2D eigenvalue weighted by Crippen LogP contribution is -2.43. The van der Waals surface area contributed by atoms with Crippen molar-refractivity contribution >= 4 is 37.0 Å². The lowest BCUT2D eigenvalue weighted by Gasteiger charge is -2.27. The number of rotatable bonds is 8. The van der Waals surface area contributed by atoms with Crippen LogP contribution in [-0.2, 0) is 26.8 Å². The van der Waals surface area contributed by atoms with Crippen molar-refractivity contribution in [2.24, 2.45) is 0 Å². The Morgan fingerprint density at radius 1 is 0.979 bits per heavy atom. The number of fused-ring (bicyclic) bond motifs is 7. The van der Waals surface area contributed by atoms with E-state index in [4.69, 9.17) is 4.74 Å². The molecule has 4 aliphatic rings. The number of benzene rings is 2. The fourth-order valence-corrected chi connectivity index (χ4v) is 11.2. The average molecular weight is 684 g/mol. The van der Waals surface area contributed by atoms with Crippen molar-refractivity contribution in [1.29, 1.82) is 0 Å². The quantitative estimate of drug-likeness (QED) is 0.380. The molecule has 2 unspecified atom stereocenters. The first-order valence-corrected chi connectivity index (χ1v) is 19.4. The number of carbonyl (C=O) groups excluding carboxylic acids is 1. The molecule has 0 bridgehead atoms. The predicted molar refractivity (Wildman–Crippen MR) is 182 cm³/mol. The van der Waals surface area contributed by atoms with Gasteiger partial charge in [0.1, 0.15) is 10.5 Å². The van der Waals surface area contributed by atoms with Crippen LogP contribution in [0.3, 0.4) is 0 Å². The monoisotopic (exact) mass is 683 g/mol. The van der Waals surface area contributed by atoms with Crippen LogP contribution in [0.25, 0.3) is 22.2 Å². The van der Waals surface area contributed by atoms with Crippen molar-refractivity contribution in [3.8, 4) is 17.0 Å². The Kier molecular flexibility index (Phi) is 8.02. The maximum absolute atomic E-state index is 14.8. The third-order valence-corrected chi connectivity index (χ3v) is 15.2. The molecule has 0 spiro atoms. The van der Waals surface area contributed by atoms with Gasteiger partial charge in [0.2, 0.25) is 10.0 Å². The summed E-state index contributed by atoms with van der Waals surface area (Å²) in [7, 11) is 0.600. The van der Waals surface area contributed by atoms with Crippen molar-refractivity contribution in [2.75, 3.05) is 48.4 Å². The smallest absolute Gasteiger partial charge is 0.303 e. The molecule has 3 aromatic rings. The maximum Gasteiger partial charge on any atom is 0.303 e. The van der Waals surface area contributed by atoms with E-state index in [2.05, 4.69) is 20.3 Å². The van der Waals surface area contributed by atoms with Gasteiger partial charge in [0.15, 0.2) is 0 Å². The van der Waals surface area contributed by atoms with Gasteiger partial charge in [0.05, 0.1) is 12.8 Å². The standard InChI is InChI=1S/C34H45N5O6S2/c1-36(2)24-15-16-38(20-24)46(41,42)34-19-29(34)28-18-25(45-5)12-14-26(28)32-31(22-9-7-6-8-10-22)27-13-11-23(17-30(27)39(32)21-34)33(40)35-47(43,44)37(3)4/h11-14,17-18,22,24,29H,6-10,15-16,19-21H2,1-5H3,(H,35,40)/t24-,29?,34?/m1/s1. The van der Waals surface area contributed by atoms with Crippen molar-refractivity contribution in [2.45, 2.75) is 74.1 Å². The molecule has 0 radical (unpaired) electrons. The number of carbonyl (C=O) groups is 1. The van der Waals surface area contributed by atoms with Gasteiger partial charge in [-0.1, -0.05) is 25.3 Å². The molecule has 2 aliphatic carbocycles. The fraction of sp³-hybridized carbons (Fsp3) is 0.559. The van der Waals surface area contributed by atoms with E-state index in [0.29, 0.717) is 25.3 Å². The molecule has 1 N–H and O–H groups in total. The highest BCUT2D eigenvalue weighted by atomic mass is 32.2. The van der Waals surface area contributed by atoms with Crippen LogP contribution in [-0.4, -0.2) is 100.0 Å². The van der Waals surface area contributed by atoms with Gasteiger partial charge < -0.3 is 14.2 Å². The number of ether oxygens (including phenoxy) is 1. The number of hydrogen-bond donors (Lipinski definition) is 1. The molecule has 1 saturated heterocycles. The van der Waals surface area contributed by atoms with Crippen LogP contribution in [0.4, 0.5) is 0 Å². The molecule has 1 aromatic heterocycles. The van der Waals surface area contributed by atoms with Gasteiger partial charge in [-0.25, -0.2) is 13.1 Å². The molecule has 11 nitrogen and oxygen atoms in total. The number of aromatic nitrogens is 1.